The second-order valence-electron chi connectivity index (χ2n) is 7.95. The van der Waals surface area contributed by atoms with Gasteiger partial charge in [0.1, 0.15) is 10.8 Å². The summed E-state index contributed by atoms with van der Waals surface area (Å²) < 4.78 is 8.33. The van der Waals surface area contributed by atoms with Crippen LogP contribution in [0.1, 0.15) is 41.2 Å². The van der Waals surface area contributed by atoms with E-state index in [1.165, 1.54) is 16.7 Å². The van der Waals surface area contributed by atoms with Gasteiger partial charge in [-0.05, 0) is 50.5 Å². The minimum absolute atomic E-state index is 0.237. The quantitative estimate of drug-likeness (QED) is 0.193. The van der Waals surface area contributed by atoms with E-state index in [9.17, 15) is 0 Å². The Hall–Kier alpha value is -2.90. The lowest BCUT2D eigenvalue weighted by molar-refractivity contribution is 0.209. The lowest BCUT2D eigenvalue weighted by atomic mass is 10.1. The van der Waals surface area contributed by atoms with Gasteiger partial charge in [-0.25, -0.2) is 4.98 Å². The number of thioether (sulfide) groups is 1. The smallest absolute Gasteiger partial charge is 0.192 e. The molecular formula is C26H28N4OS2. The van der Waals surface area contributed by atoms with Crippen LogP contribution in [0.25, 0.3) is 10.6 Å². The molecule has 7 heteroatoms. The number of ether oxygens (including phenoxy) is 1. The second kappa shape index (κ2) is 10.4. The predicted octanol–water partition coefficient (Wildman–Crippen LogP) is 6.95. The second-order valence-corrected chi connectivity index (χ2v) is 9.75. The average molecular weight is 477 g/mol. The highest BCUT2D eigenvalue weighted by Crippen LogP contribution is 2.31. The third kappa shape index (κ3) is 5.20. The van der Waals surface area contributed by atoms with E-state index >= 15 is 0 Å². The summed E-state index contributed by atoms with van der Waals surface area (Å²) >= 11 is 3.31. The van der Waals surface area contributed by atoms with Crippen LogP contribution >= 0.6 is 23.1 Å². The molecule has 0 spiro atoms. The number of rotatable bonds is 9. The van der Waals surface area contributed by atoms with Crippen LogP contribution in [-0.4, -0.2) is 19.7 Å². The SMILES string of the molecule is C=CCn1c(SCc2csc(-c3ccccc3C)n2)nnc1C(C)Oc1cccc(C)c1C. The third-order valence-corrected chi connectivity index (χ3v) is 7.48. The molecular weight excluding hydrogens is 448 g/mol. The van der Waals surface area contributed by atoms with Crippen LogP contribution in [0.4, 0.5) is 0 Å². The van der Waals surface area contributed by atoms with E-state index in [1.807, 2.05) is 25.1 Å². The normalized spacial score (nSPS) is 12.0. The summed E-state index contributed by atoms with van der Waals surface area (Å²) in [7, 11) is 0. The molecule has 4 rings (SSSR count). The topological polar surface area (TPSA) is 52.8 Å². The molecule has 170 valence electrons. The highest BCUT2D eigenvalue weighted by Gasteiger charge is 2.20. The molecule has 0 N–H and O–H groups in total. The Labute approximate surface area is 203 Å². The van der Waals surface area contributed by atoms with Gasteiger partial charge in [0.25, 0.3) is 0 Å². The largest absolute Gasteiger partial charge is 0.482 e. The molecule has 2 aromatic carbocycles. The van der Waals surface area contributed by atoms with Crippen molar-refractivity contribution in [3.63, 3.8) is 0 Å². The highest BCUT2D eigenvalue weighted by molar-refractivity contribution is 7.98. The van der Waals surface area contributed by atoms with Gasteiger partial charge < -0.3 is 4.74 Å². The van der Waals surface area contributed by atoms with E-state index in [4.69, 9.17) is 9.72 Å². The first-order valence-electron chi connectivity index (χ1n) is 10.9. The van der Waals surface area contributed by atoms with Gasteiger partial charge in [0.15, 0.2) is 17.1 Å². The fraction of sp³-hybridized carbons (Fsp3) is 0.269. The highest BCUT2D eigenvalue weighted by atomic mass is 32.2. The first kappa shape index (κ1) is 23.3. The number of thiazole rings is 1. The van der Waals surface area contributed by atoms with Crippen molar-refractivity contribution in [3.8, 4) is 16.3 Å². The number of allylic oxidation sites excluding steroid dienone is 1. The monoisotopic (exact) mass is 476 g/mol. The van der Waals surface area contributed by atoms with Gasteiger partial charge in [-0.15, -0.1) is 28.1 Å². The first-order valence-corrected chi connectivity index (χ1v) is 12.7. The van der Waals surface area contributed by atoms with Crippen molar-refractivity contribution in [2.75, 3.05) is 0 Å². The van der Waals surface area contributed by atoms with Crippen molar-refractivity contribution in [2.45, 2.75) is 51.3 Å². The van der Waals surface area contributed by atoms with E-state index in [-0.39, 0.29) is 6.10 Å². The summed E-state index contributed by atoms with van der Waals surface area (Å²) in [4.78, 5) is 4.84. The molecule has 0 saturated heterocycles. The van der Waals surface area contributed by atoms with Crippen LogP contribution in [-0.2, 0) is 12.3 Å². The van der Waals surface area contributed by atoms with Crippen molar-refractivity contribution in [1.29, 1.82) is 0 Å². The molecule has 1 unspecified atom stereocenters. The van der Waals surface area contributed by atoms with Gasteiger partial charge in [-0.1, -0.05) is 54.2 Å². The van der Waals surface area contributed by atoms with Gasteiger partial charge in [0, 0.05) is 23.2 Å². The molecule has 2 heterocycles. The molecule has 0 fully saturated rings. The van der Waals surface area contributed by atoms with E-state index in [0.29, 0.717) is 6.54 Å². The summed E-state index contributed by atoms with van der Waals surface area (Å²) in [5, 5.41) is 12.9. The van der Waals surface area contributed by atoms with Gasteiger partial charge in [0.2, 0.25) is 0 Å². The van der Waals surface area contributed by atoms with Crippen LogP contribution < -0.4 is 4.74 Å². The van der Waals surface area contributed by atoms with E-state index in [0.717, 1.165) is 38.7 Å². The molecule has 1 atom stereocenters. The fourth-order valence-corrected chi connectivity index (χ4v) is 5.41. The molecule has 0 radical (unpaired) electrons. The number of aryl methyl sites for hydroxylation is 2. The molecule has 33 heavy (non-hydrogen) atoms. The van der Waals surface area contributed by atoms with Crippen LogP contribution in [0.3, 0.4) is 0 Å². The lowest BCUT2D eigenvalue weighted by Crippen LogP contribution is -2.12. The van der Waals surface area contributed by atoms with Crippen molar-refractivity contribution >= 4 is 23.1 Å². The van der Waals surface area contributed by atoms with Crippen molar-refractivity contribution in [2.24, 2.45) is 0 Å². The Bertz CT molecular complexity index is 1260. The third-order valence-electron chi connectivity index (χ3n) is 5.56. The number of hydrogen-bond acceptors (Lipinski definition) is 6. The van der Waals surface area contributed by atoms with Crippen LogP contribution in [0, 0.1) is 20.8 Å². The Morgan fingerprint density at radius 2 is 1.88 bits per heavy atom. The maximum atomic E-state index is 6.26. The van der Waals surface area contributed by atoms with Crippen molar-refractivity contribution in [1.82, 2.24) is 19.7 Å². The van der Waals surface area contributed by atoms with Crippen molar-refractivity contribution in [3.05, 3.63) is 88.7 Å². The Kier molecular flexibility index (Phi) is 7.30. The van der Waals surface area contributed by atoms with E-state index in [2.05, 4.69) is 77.8 Å². The summed E-state index contributed by atoms with van der Waals surface area (Å²) in [5.74, 6) is 2.39. The molecule has 0 amide bonds. The molecule has 0 aliphatic rings. The summed E-state index contributed by atoms with van der Waals surface area (Å²) in [6, 6.07) is 14.4. The fourth-order valence-electron chi connectivity index (χ4n) is 3.55. The molecule has 0 saturated carbocycles. The summed E-state index contributed by atoms with van der Waals surface area (Å²) in [6.07, 6.45) is 1.62. The molecule has 4 aromatic rings. The molecule has 2 aromatic heterocycles. The zero-order chi connectivity index (χ0) is 23.4. The minimum Gasteiger partial charge on any atom is -0.482 e. The molecule has 0 aliphatic carbocycles. The molecule has 0 aliphatic heterocycles. The summed E-state index contributed by atoms with van der Waals surface area (Å²) in [6.45, 7) is 12.8. The summed E-state index contributed by atoms with van der Waals surface area (Å²) in [5.41, 5.74) is 5.81. The van der Waals surface area contributed by atoms with Gasteiger partial charge in [-0.3, -0.25) is 4.57 Å². The number of benzene rings is 2. The maximum absolute atomic E-state index is 6.26. The predicted molar refractivity (Wildman–Crippen MR) is 137 cm³/mol. The Balaban J connectivity index is 1.49. The van der Waals surface area contributed by atoms with Gasteiger partial charge in [0.05, 0.1) is 5.69 Å². The van der Waals surface area contributed by atoms with E-state index < -0.39 is 0 Å². The first-order chi connectivity index (χ1) is 16.0. The van der Waals surface area contributed by atoms with Crippen molar-refractivity contribution < 1.29 is 4.74 Å². The maximum Gasteiger partial charge on any atom is 0.192 e. The zero-order valence-corrected chi connectivity index (χ0v) is 21.0. The minimum atomic E-state index is -0.237. The van der Waals surface area contributed by atoms with E-state index in [1.54, 1.807) is 23.1 Å². The zero-order valence-electron chi connectivity index (χ0n) is 19.4. The number of aromatic nitrogens is 4. The van der Waals surface area contributed by atoms with Crippen LogP contribution in [0.15, 0.2) is 65.7 Å². The van der Waals surface area contributed by atoms with Crippen LogP contribution in [0.5, 0.6) is 5.75 Å². The standard InChI is InChI=1S/C26H28N4OS2/c1-6-14-30-24(20(5)31-23-13-9-11-17(2)19(23)4)28-29-26(30)33-16-21-15-32-25(27-21)22-12-8-7-10-18(22)3/h6-13,15,20H,1,14,16H2,2-5H3. The Morgan fingerprint density at radius 3 is 2.67 bits per heavy atom. The lowest BCUT2D eigenvalue weighted by Gasteiger charge is -2.17. The molecule has 5 nitrogen and oxygen atoms in total. The Morgan fingerprint density at radius 1 is 1.09 bits per heavy atom. The van der Waals surface area contributed by atoms with Crippen LogP contribution in [0.2, 0.25) is 0 Å². The number of nitrogens with zero attached hydrogens (tertiary/aromatic N) is 4. The van der Waals surface area contributed by atoms with Gasteiger partial charge >= 0.3 is 0 Å². The average Bonchev–Trinajstić information content (AvgIpc) is 3.43. The number of hydrogen-bond donors (Lipinski definition) is 0. The van der Waals surface area contributed by atoms with Gasteiger partial charge in [-0.2, -0.15) is 0 Å². The molecule has 0 bridgehead atoms.